The van der Waals surface area contributed by atoms with E-state index in [1.54, 1.807) is 6.33 Å². The van der Waals surface area contributed by atoms with Gasteiger partial charge in [-0.05, 0) is 107 Å². The van der Waals surface area contributed by atoms with Crippen LogP contribution in [0.15, 0.2) is 30.7 Å². The van der Waals surface area contributed by atoms with Gasteiger partial charge in [0.1, 0.15) is 17.4 Å². The Bertz CT molecular complexity index is 1270. The van der Waals surface area contributed by atoms with Crippen LogP contribution in [0.25, 0.3) is 16.9 Å². The van der Waals surface area contributed by atoms with E-state index in [-0.39, 0.29) is 17.9 Å². The van der Waals surface area contributed by atoms with Crippen molar-refractivity contribution in [3.8, 4) is 11.4 Å². The Labute approximate surface area is 206 Å². The lowest BCUT2D eigenvalue weighted by atomic mass is 9.91. The average molecular weight is 474 g/mol. The summed E-state index contributed by atoms with van der Waals surface area (Å²) >= 11 is 0. The van der Waals surface area contributed by atoms with Crippen molar-refractivity contribution in [1.29, 1.82) is 0 Å². The van der Waals surface area contributed by atoms with Crippen LogP contribution in [0.5, 0.6) is 0 Å². The first kappa shape index (κ1) is 22.5. The van der Waals surface area contributed by atoms with E-state index in [2.05, 4.69) is 34.5 Å². The van der Waals surface area contributed by atoms with Crippen LogP contribution in [0.2, 0.25) is 0 Å². The zero-order valence-electron chi connectivity index (χ0n) is 21.2. The zero-order valence-corrected chi connectivity index (χ0v) is 21.2. The van der Waals surface area contributed by atoms with Crippen molar-refractivity contribution in [2.24, 2.45) is 5.92 Å². The molecule has 7 heteroatoms. The summed E-state index contributed by atoms with van der Waals surface area (Å²) < 4.78 is 7.74. The molecule has 0 amide bonds. The van der Waals surface area contributed by atoms with Crippen LogP contribution in [0.4, 0.5) is 5.82 Å². The lowest BCUT2D eigenvalue weighted by molar-refractivity contribution is -0.161. The van der Waals surface area contributed by atoms with Crippen LogP contribution < -0.4 is 4.90 Å². The number of esters is 1. The Morgan fingerprint density at radius 2 is 1.83 bits per heavy atom. The van der Waals surface area contributed by atoms with Gasteiger partial charge in [0.05, 0.1) is 17.3 Å². The molecule has 0 N–H and O–H groups in total. The predicted octanol–water partition coefficient (Wildman–Crippen LogP) is 5.49. The summed E-state index contributed by atoms with van der Waals surface area (Å²) in [6.45, 7) is 8.76. The number of carbonyl (C=O) groups is 1. The fraction of sp³-hybridized carbons (Fsp3) is 0.571. The van der Waals surface area contributed by atoms with Gasteiger partial charge in [0.15, 0.2) is 5.82 Å². The third kappa shape index (κ3) is 4.41. The van der Waals surface area contributed by atoms with E-state index in [4.69, 9.17) is 19.8 Å². The van der Waals surface area contributed by atoms with E-state index in [0.717, 1.165) is 42.1 Å². The summed E-state index contributed by atoms with van der Waals surface area (Å²) in [5.74, 6) is 2.06. The summed E-state index contributed by atoms with van der Waals surface area (Å²) in [7, 11) is 0. The molecule has 0 aromatic carbocycles. The SMILES string of the molecule is C[C@H]1C[C@@H](C(=O)OC(C)(C)C)CCN1c1ncnn2c(-c3cc(C4CC4)ccn3)cc(C3CC3)c12. The molecule has 184 valence electrons. The van der Waals surface area contributed by atoms with Gasteiger partial charge in [-0.1, -0.05) is 0 Å². The van der Waals surface area contributed by atoms with Gasteiger partial charge in [-0.15, -0.1) is 0 Å². The molecule has 2 atom stereocenters. The normalized spacial score (nSPS) is 23.0. The van der Waals surface area contributed by atoms with Crippen molar-refractivity contribution in [2.45, 2.75) is 89.7 Å². The molecule has 1 saturated heterocycles. The highest BCUT2D eigenvalue weighted by Gasteiger charge is 2.36. The van der Waals surface area contributed by atoms with Crippen molar-refractivity contribution in [1.82, 2.24) is 19.6 Å². The molecule has 3 fully saturated rings. The number of pyridine rings is 1. The number of aromatic nitrogens is 4. The van der Waals surface area contributed by atoms with Crippen LogP contribution in [0.3, 0.4) is 0 Å². The Kier molecular flexibility index (Phi) is 5.35. The lowest BCUT2D eigenvalue weighted by Gasteiger charge is -2.38. The molecule has 3 aliphatic rings. The highest BCUT2D eigenvalue weighted by molar-refractivity contribution is 5.81. The topological polar surface area (TPSA) is 72.6 Å². The van der Waals surface area contributed by atoms with Gasteiger partial charge in [-0.2, -0.15) is 5.10 Å². The molecule has 6 rings (SSSR count). The van der Waals surface area contributed by atoms with E-state index in [9.17, 15) is 4.79 Å². The molecule has 7 nitrogen and oxygen atoms in total. The molecule has 2 aliphatic carbocycles. The minimum atomic E-state index is -0.456. The van der Waals surface area contributed by atoms with E-state index in [0.29, 0.717) is 11.8 Å². The second kappa shape index (κ2) is 8.32. The number of hydrogen-bond donors (Lipinski definition) is 0. The Hall–Kier alpha value is -2.96. The molecular formula is C28H35N5O2. The Morgan fingerprint density at radius 1 is 1.06 bits per heavy atom. The number of nitrogens with zero attached hydrogens (tertiary/aromatic N) is 5. The van der Waals surface area contributed by atoms with Crippen molar-refractivity contribution < 1.29 is 9.53 Å². The fourth-order valence-electron chi connectivity index (χ4n) is 5.50. The standard InChI is InChI=1S/C28H35N5O2/c1-17-13-21(27(34)35-28(2,3)4)10-12-32(17)26-25-22(19-7-8-19)15-24(33(25)31-16-30-26)23-14-20(9-11-29-23)18-5-6-18/h9,11,14-19,21H,5-8,10,12-13H2,1-4H3/t17-,21-/m0/s1. The molecule has 2 saturated carbocycles. The highest BCUT2D eigenvalue weighted by Crippen LogP contribution is 2.47. The summed E-state index contributed by atoms with van der Waals surface area (Å²) in [6, 6.07) is 6.87. The summed E-state index contributed by atoms with van der Waals surface area (Å²) in [4.78, 5) is 24.6. The van der Waals surface area contributed by atoms with Crippen LogP contribution >= 0.6 is 0 Å². The van der Waals surface area contributed by atoms with E-state index >= 15 is 0 Å². The number of ether oxygens (including phenoxy) is 1. The van der Waals surface area contributed by atoms with Gasteiger partial charge >= 0.3 is 5.97 Å². The van der Waals surface area contributed by atoms with Gasteiger partial charge in [-0.25, -0.2) is 9.50 Å². The highest BCUT2D eigenvalue weighted by atomic mass is 16.6. The fourth-order valence-corrected chi connectivity index (χ4v) is 5.50. The maximum Gasteiger partial charge on any atom is 0.309 e. The van der Waals surface area contributed by atoms with Crippen molar-refractivity contribution >= 4 is 17.3 Å². The average Bonchev–Trinajstić information content (AvgIpc) is 3.75. The second-order valence-corrected chi connectivity index (χ2v) is 11.6. The quantitative estimate of drug-likeness (QED) is 0.456. The number of carbonyl (C=O) groups excluding carboxylic acids is 1. The van der Waals surface area contributed by atoms with Gasteiger partial charge in [0.2, 0.25) is 0 Å². The molecule has 4 heterocycles. The molecule has 0 spiro atoms. The first-order valence-corrected chi connectivity index (χ1v) is 13.1. The van der Waals surface area contributed by atoms with Crippen LogP contribution in [-0.4, -0.2) is 43.7 Å². The minimum Gasteiger partial charge on any atom is -0.460 e. The molecular weight excluding hydrogens is 438 g/mol. The van der Waals surface area contributed by atoms with Crippen LogP contribution in [0.1, 0.15) is 89.2 Å². The van der Waals surface area contributed by atoms with Crippen molar-refractivity contribution in [3.05, 3.63) is 41.9 Å². The van der Waals surface area contributed by atoms with E-state index < -0.39 is 5.60 Å². The number of piperidine rings is 1. The number of fused-ring (bicyclic) bond motifs is 1. The lowest BCUT2D eigenvalue weighted by Crippen LogP contribution is -2.44. The molecule has 0 bridgehead atoms. The minimum absolute atomic E-state index is 0.0713. The molecule has 0 unspecified atom stereocenters. The van der Waals surface area contributed by atoms with Crippen LogP contribution in [-0.2, 0) is 9.53 Å². The summed E-state index contributed by atoms with van der Waals surface area (Å²) in [6.07, 6.45) is 10.1. The van der Waals surface area contributed by atoms with E-state index in [1.807, 2.05) is 27.0 Å². The maximum absolute atomic E-state index is 12.7. The van der Waals surface area contributed by atoms with Crippen LogP contribution in [0, 0.1) is 5.92 Å². The Balaban J connectivity index is 1.35. The molecule has 3 aromatic rings. The van der Waals surface area contributed by atoms with E-state index in [1.165, 1.54) is 36.8 Å². The third-order valence-corrected chi connectivity index (χ3v) is 7.57. The Morgan fingerprint density at radius 3 is 2.51 bits per heavy atom. The zero-order chi connectivity index (χ0) is 24.3. The number of rotatable bonds is 5. The monoisotopic (exact) mass is 473 g/mol. The van der Waals surface area contributed by atoms with Gasteiger partial charge in [0.25, 0.3) is 0 Å². The first-order chi connectivity index (χ1) is 16.8. The summed E-state index contributed by atoms with van der Waals surface area (Å²) in [5, 5.41) is 4.71. The van der Waals surface area contributed by atoms with Crippen molar-refractivity contribution in [2.75, 3.05) is 11.4 Å². The molecule has 35 heavy (non-hydrogen) atoms. The van der Waals surface area contributed by atoms with Gasteiger partial charge in [0, 0.05) is 18.8 Å². The second-order valence-electron chi connectivity index (χ2n) is 11.6. The number of anilines is 1. The molecule has 3 aromatic heterocycles. The molecule has 1 aliphatic heterocycles. The third-order valence-electron chi connectivity index (χ3n) is 7.57. The first-order valence-electron chi connectivity index (χ1n) is 13.1. The smallest absolute Gasteiger partial charge is 0.309 e. The predicted molar refractivity (Wildman–Crippen MR) is 136 cm³/mol. The van der Waals surface area contributed by atoms with Gasteiger partial charge in [-0.3, -0.25) is 9.78 Å². The maximum atomic E-state index is 12.7. The number of hydrogen-bond acceptors (Lipinski definition) is 6. The van der Waals surface area contributed by atoms with Gasteiger partial charge < -0.3 is 9.64 Å². The molecule has 0 radical (unpaired) electrons. The summed E-state index contributed by atoms with van der Waals surface area (Å²) in [5.41, 5.74) is 5.39. The van der Waals surface area contributed by atoms with Crippen molar-refractivity contribution in [3.63, 3.8) is 0 Å². The largest absolute Gasteiger partial charge is 0.460 e.